The molecule has 1 N–H and O–H groups in total. The van der Waals surface area contributed by atoms with Gasteiger partial charge in [0.25, 0.3) is 0 Å². The minimum absolute atomic E-state index is 0.567. The van der Waals surface area contributed by atoms with Crippen LogP contribution in [0.2, 0.25) is 0 Å². The second-order valence-corrected chi connectivity index (χ2v) is 3.72. The van der Waals surface area contributed by atoms with Gasteiger partial charge in [-0.1, -0.05) is 23.8 Å². The maximum absolute atomic E-state index is 10.4. The Kier molecular flexibility index (Phi) is 4.11. The largest absolute Gasteiger partial charge is 0.496 e. The molecule has 0 bridgehead atoms. The predicted octanol–water partition coefficient (Wildman–Crippen LogP) is 2.50. The fourth-order valence-corrected chi connectivity index (χ4v) is 1.77. The summed E-state index contributed by atoms with van der Waals surface area (Å²) in [6.07, 6.45) is 3.34. The molecule has 0 aliphatic heterocycles. The summed E-state index contributed by atoms with van der Waals surface area (Å²) in [7, 11) is 1.63. The van der Waals surface area contributed by atoms with Crippen molar-refractivity contribution in [2.75, 3.05) is 7.11 Å². The summed E-state index contributed by atoms with van der Waals surface area (Å²) in [5.74, 6) is -0.0935. The molecule has 0 heterocycles. The Labute approximate surface area is 95.4 Å². The Bertz CT molecular complexity index is 419. The number of carboxylic acids is 1. The summed E-state index contributed by atoms with van der Waals surface area (Å²) in [5, 5.41) is 8.51. The molecule has 0 amide bonds. The van der Waals surface area contributed by atoms with Crippen molar-refractivity contribution in [3.63, 3.8) is 0 Å². The molecule has 16 heavy (non-hydrogen) atoms. The number of allylic oxidation sites excluding steroid dienone is 1. The molecule has 1 rings (SSSR count). The van der Waals surface area contributed by atoms with Crippen molar-refractivity contribution in [1.82, 2.24) is 0 Å². The van der Waals surface area contributed by atoms with Crippen LogP contribution in [0.1, 0.15) is 16.7 Å². The molecule has 1 aromatic carbocycles. The number of carboxylic acid groups (broad SMARTS) is 1. The van der Waals surface area contributed by atoms with E-state index in [2.05, 4.69) is 0 Å². The standard InChI is InChI=1S/C13H16O3/c1-9-7-10(2)13(16-3)11(8-9)5-4-6-12(14)15/h4,6-8H,5H2,1-3H3,(H,14,15)/b6-4+. The highest BCUT2D eigenvalue weighted by atomic mass is 16.5. The van der Waals surface area contributed by atoms with Gasteiger partial charge in [0.2, 0.25) is 0 Å². The molecule has 3 heteroatoms. The molecule has 1 aromatic rings. The topological polar surface area (TPSA) is 46.5 Å². The molecular weight excluding hydrogens is 204 g/mol. The zero-order valence-corrected chi connectivity index (χ0v) is 9.78. The van der Waals surface area contributed by atoms with Gasteiger partial charge in [-0.15, -0.1) is 0 Å². The van der Waals surface area contributed by atoms with Crippen LogP contribution < -0.4 is 4.74 Å². The quantitative estimate of drug-likeness (QED) is 0.793. The van der Waals surface area contributed by atoms with Crippen LogP contribution in [0.25, 0.3) is 0 Å². The molecule has 0 saturated carbocycles. The van der Waals surface area contributed by atoms with Crippen LogP contribution in [0.3, 0.4) is 0 Å². The molecule has 0 aliphatic carbocycles. The predicted molar refractivity (Wildman–Crippen MR) is 62.9 cm³/mol. The molecule has 3 nitrogen and oxygen atoms in total. The normalized spacial score (nSPS) is 10.7. The number of methoxy groups -OCH3 is 1. The number of carbonyl (C=O) groups is 1. The summed E-state index contributed by atoms with van der Waals surface area (Å²) in [5.41, 5.74) is 3.23. The maximum atomic E-state index is 10.4. The molecular formula is C13H16O3. The molecule has 0 aliphatic rings. The van der Waals surface area contributed by atoms with Gasteiger partial charge in [0.1, 0.15) is 5.75 Å². The van der Waals surface area contributed by atoms with E-state index in [9.17, 15) is 4.79 Å². The third-order valence-electron chi connectivity index (χ3n) is 2.30. The van der Waals surface area contributed by atoms with Crippen LogP contribution in [0.15, 0.2) is 24.3 Å². The SMILES string of the molecule is COc1c(C)cc(C)cc1C/C=C/C(=O)O. The lowest BCUT2D eigenvalue weighted by Crippen LogP contribution is -1.96. The van der Waals surface area contributed by atoms with E-state index in [0.717, 1.165) is 28.5 Å². The van der Waals surface area contributed by atoms with Gasteiger partial charge in [0.05, 0.1) is 7.11 Å². The van der Waals surface area contributed by atoms with Gasteiger partial charge in [-0.05, 0) is 31.4 Å². The monoisotopic (exact) mass is 220 g/mol. The summed E-state index contributed by atoms with van der Waals surface area (Å²) < 4.78 is 5.31. The van der Waals surface area contributed by atoms with Crippen LogP contribution in [0.4, 0.5) is 0 Å². The Morgan fingerprint density at radius 2 is 2.12 bits per heavy atom. The van der Waals surface area contributed by atoms with Gasteiger partial charge in [-0.2, -0.15) is 0 Å². The van der Waals surface area contributed by atoms with Crippen LogP contribution in [-0.4, -0.2) is 18.2 Å². The summed E-state index contributed by atoms with van der Waals surface area (Å²) >= 11 is 0. The number of benzene rings is 1. The Balaban J connectivity index is 2.98. The molecule has 0 aromatic heterocycles. The third-order valence-corrected chi connectivity index (χ3v) is 2.30. The van der Waals surface area contributed by atoms with Crippen LogP contribution >= 0.6 is 0 Å². The molecule has 0 unspecified atom stereocenters. The average molecular weight is 220 g/mol. The van der Waals surface area contributed by atoms with Crippen molar-refractivity contribution in [1.29, 1.82) is 0 Å². The van der Waals surface area contributed by atoms with Gasteiger partial charge in [0.15, 0.2) is 0 Å². The first kappa shape index (κ1) is 12.3. The summed E-state index contributed by atoms with van der Waals surface area (Å²) in [6.45, 7) is 3.99. The van der Waals surface area contributed by atoms with Gasteiger partial charge in [0, 0.05) is 6.08 Å². The van der Waals surface area contributed by atoms with E-state index in [0.29, 0.717) is 6.42 Å². The van der Waals surface area contributed by atoms with Crippen molar-refractivity contribution in [2.24, 2.45) is 0 Å². The molecule has 0 atom stereocenters. The third kappa shape index (κ3) is 3.12. The second-order valence-electron chi connectivity index (χ2n) is 3.72. The number of hydrogen-bond acceptors (Lipinski definition) is 2. The van der Waals surface area contributed by atoms with Gasteiger partial charge in [-0.25, -0.2) is 4.79 Å². The van der Waals surface area contributed by atoms with Crippen molar-refractivity contribution < 1.29 is 14.6 Å². The molecule has 86 valence electrons. The van der Waals surface area contributed by atoms with E-state index in [1.165, 1.54) is 0 Å². The second kappa shape index (κ2) is 5.35. The number of ether oxygens (including phenoxy) is 1. The fourth-order valence-electron chi connectivity index (χ4n) is 1.77. The lowest BCUT2D eigenvalue weighted by molar-refractivity contribution is -0.131. The molecule has 0 fully saturated rings. The van der Waals surface area contributed by atoms with Crippen molar-refractivity contribution in [3.8, 4) is 5.75 Å². The summed E-state index contributed by atoms with van der Waals surface area (Å²) in [4.78, 5) is 10.4. The van der Waals surface area contributed by atoms with Crippen molar-refractivity contribution in [2.45, 2.75) is 20.3 Å². The van der Waals surface area contributed by atoms with E-state index in [1.807, 2.05) is 26.0 Å². The highest BCUT2D eigenvalue weighted by Crippen LogP contribution is 2.25. The summed E-state index contributed by atoms with van der Waals surface area (Å²) in [6, 6.07) is 4.06. The first-order chi connectivity index (χ1) is 7.54. The lowest BCUT2D eigenvalue weighted by Gasteiger charge is -2.11. The number of rotatable bonds is 4. The number of hydrogen-bond donors (Lipinski definition) is 1. The van der Waals surface area contributed by atoms with E-state index in [4.69, 9.17) is 9.84 Å². The van der Waals surface area contributed by atoms with Crippen LogP contribution in [-0.2, 0) is 11.2 Å². The Morgan fingerprint density at radius 1 is 1.44 bits per heavy atom. The average Bonchev–Trinajstić information content (AvgIpc) is 2.16. The Morgan fingerprint density at radius 3 is 2.69 bits per heavy atom. The van der Waals surface area contributed by atoms with E-state index >= 15 is 0 Å². The fraction of sp³-hybridized carbons (Fsp3) is 0.308. The zero-order valence-electron chi connectivity index (χ0n) is 9.78. The minimum atomic E-state index is -0.927. The minimum Gasteiger partial charge on any atom is -0.496 e. The number of aliphatic carboxylic acids is 1. The van der Waals surface area contributed by atoms with E-state index in [-0.39, 0.29) is 0 Å². The van der Waals surface area contributed by atoms with Crippen molar-refractivity contribution in [3.05, 3.63) is 41.0 Å². The zero-order chi connectivity index (χ0) is 12.1. The smallest absolute Gasteiger partial charge is 0.327 e. The lowest BCUT2D eigenvalue weighted by atomic mass is 10.0. The molecule has 0 radical (unpaired) electrons. The van der Waals surface area contributed by atoms with Gasteiger partial charge < -0.3 is 9.84 Å². The molecule has 0 spiro atoms. The highest BCUT2D eigenvalue weighted by molar-refractivity contribution is 5.79. The first-order valence-electron chi connectivity index (χ1n) is 5.08. The van der Waals surface area contributed by atoms with Crippen LogP contribution in [0.5, 0.6) is 5.75 Å². The molecule has 0 saturated heterocycles. The van der Waals surface area contributed by atoms with E-state index < -0.39 is 5.97 Å². The van der Waals surface area contributed by atoms with Gasteiger partial charge >= 0.3 is 5.97 Å². The van der Waals surface area contributed by atoms with Crippen LogP contribution in [0, 0.1) is 13.8 Å². The van der Waals surface area contributed by atoms with E-state index in [1.54, 1.807) is 13.2 Å². The van der Waals surface area contributed by atoms with Gasteiger partial charge in [-0.3, -0.25) is 0 Å². The van der Waals surface area contributed by atoms with Crippen molar-refractivity contribution >= 4 is 5.97 Å². The maximum Gasteiger partial charge on any atom is 0.327 e. The highest BCUT2D eigenvalue weighted by Gasteiger charge is 2.05. The Hall–Kier alpha value is -1.77. The first-order valence-corrected chi connectivity index (χ1v) is 5.08. The number of aryl methyl sites for hydroxylation is 2.